The van der Waals surface area contributed by atoms with Gasteiger partial charge >= 0.3 is 5.97 Å². The second kappa shape index (κ2) is 8.46. The fourth-order valence-electron chi connectivity index (χ4n) is 2.48. The number of aryl methyl sites for hydroxylation is 1. The lowest BCUT2D eigenvalue weighted by Gasteiger charge is -2.13. The largest absolute Gasteiger partial charge is 0.465 e. The van der Waals surface area contributed by atoms with Crippen molar-refractivity contribution < 1.29 is 22.7 Å². The quantitative estimate of drug-likeness (QED) is 0.578. The van der Waals surface area contributed by atoms with E-state index >= 15 is 0 Å². The van der Waals surface area contributed by atoms with Gasteiger partial charge in [0.25, 0.3) is 15.9 Å². The molecule has 0 atom stereocenters. The smallest absolute Gasteiger partial charge is 0.348 e. The second-order valence-corrected chi connectivity index (χ2v) is 8.82. The number of anilines is 2. The highest BCUT2D eigenvalue weighted by molar-refractivity contribution is 7.92. The molecule has 3 rings (SSSR count). The van der Waals surface area contributed by atoms with Crippen LogP contribution in [0.3, 0.4) is 0 Å². The number of ether oxygens (including phenoxy) is 1. The number of sulfonamides is 1. The van der Waals surface area contributed by atoms with Gasteiger partial charge in [-0.15, -0.1) is 11.3 Å². The molecule has 150 valence electrons. The van der Waals surface area contributed by atoms with E-state index in [1.165, 1.54) is 31.4 Å². The molecule has 0 aliphatic rings. The summed E-state index contributed by atoms with van der Waals surface area (Å²) >= 11 is 1.01. The lowest BCUT2D eigenvalue weighted by atomic mass is 10.2. The van der Waals surface area contributed by atoms with Crippen molar-refractivity contribution in [1.29, 1.82) is 0 Å². The van der Waals surface area contributed by atoms with Crippen molar-refractivity contribution >= 4 is 44.6 Å². The third-order valence-electron chi connectivity index (χ3n) is 4.01. The molecule has 29 heavy (non-hydrogen) atoms. The third kappa shape index (κ3) is 4.82. The van der Waals surface area contributed by atoms with E-state index in [0.717, 1.165) is 11.3 Å². The number of thiophene rings is 1. The predicted octanol–water partition coefficient (Wildman–Crippen LogP) is 3.90. The minimum Gasteiger partial charge on any atom is -0.465 e. The maximum Gasteiger partial charge on any atom is 0.348 e. The number of benzene rings is 2. The highest BCUT2D eigenvalue weighted by Crippen LogP contribution is 2.25. The summed E-state index contributed by atoms with van der Waals surface area (Å²) in [5, 5.41) is 2.71. The molecule has 0 bridgehead atoms. The highest BCUT2D eigenvalue weighted by atomic mass is 32.2. The molecule has 2 aromatic carbocycles. The zero-order chi connectivity index (χ0) is 21.0. The van der Waals surface area contributed by atoms with E-state index in [-0.39, 0.29) is 4.90 Å². The molecule has 2 N–H and O–H groups in total. The average molecular weight is 431 g/mol. The Balaban J connectivity index is 1.79. The molecule has 0 fully saturated rings. The number of amides is 1. The number of esters is 1. The zero-order valence-corrected chi connectivity index (χ0v) is 17.3. The molecular weight excluding hydrogens is 412 g/mol. The Labute approximate surface area is 172 Å². The van der Waals surface area contributed by atoms with Crippen molar-refractivity contribution in [3.63, 3.8) is 0 Å². The first-order valence-electron chi connectivity index (χ1n) is 8.48. The predicted molar refractivity (Wildman–Crippen MR) is 112 cm³/mol. The van der Waals surface area contributed by atoms with Gasteiger partial charge < -0.3 is 10.1 Å². The van der Waals surface area contributed by atoms with E-state index in [1.54, 1.807) is 43.3 Å². The minimum absolute atomic E-state index is 0.141. The van der Waals surface area contributed by atoms with E-state index in [0.29, 0.717) is 26.7 Å². The molecule has 0 unspecified atom stereocenters. The highest BCUT2D eigenvalue weighted by Gasteiger charge is 2.17. The molecule has 0 aliphatic carbocycles. The minimum atomic E-state index is -3.75. The molecule has 1 heterocycles. The molecule has 1 amide bonds. The first-order chi connectivity index (χ1) is 13.8. The maximum absolute atomic E-state index is 12.6. The molecule has 1 aromatic heterocycles. The summed E-state index contributed by atoms with van der Waals surface area (Å²) in [7, 11) is -2.48. The summed E-state index contributed by atoms with van der Waals surface area (Å²) in [6, 6.07) is 16.0. The number of carbonyl (C=O) groups is 2. The summed E-state index contributed by atoms with van der Waals surface area (Å²) in [6.45, 7) is 1.76. The topological polar surface area (TPSA) is 102 Å². The van der Waals surface area contributed by atoms with Crippen LogP contribution in [-0.2, 0) is 14.8 Å². The van der Waals surface area contributed by atoms with Gasteiger partial charge in [0.1, 0.15) is 4.88 Å². The van der Waals surface area contributed by atoms with Crippen LogP contribution in [-0.4, -0.2) is 27.4 Å². The molecule has 3 aromatic rings. The van der Waals surface area contributed by atoms with Gasteiger partial charge in [0.15, 0.2) is 0 Å². The fourth-order valence-corrected chi connectivity index (χ4v) is 4.44. The molecule has 7 nitrogen and oxygen atoms in total. The second-order valence-electron chi connectivity index (χ2n) is 6.06. The van der Waals surface area contributed by atoms with Crippen LogP contribution in [0, 0.1) is 6.92 Å². The molecular formula is C20H18N2O5S2. The zero-order valence-electron chi connectivity index (χ0n) is 15.6. The summed E-state index contributed by atoms with van der Waals surface area (Å²) in [5.74, 6) is -0.923. The SMILES string of the molecule is COC(=O)c1ccc(C(=O)Nc2ccc(C)c(NS(=O)(=O)c3ccccc3)c2)s1. The van der Waals surface area contributed by atoms with Crippen LogP contribution < -0.4 is 10.0 Å². The van der Waals surface area contributed by atoms with Gasteiger partial charge in [-0.2, -0.15) is 0 Å². The average Bonchev–Trinajstić information content (AvgIpc) is 3.21. The number of methoxy groups -OCH3 is 1. The first kappa shape index (κ1) is 20.6. The summed E-state index contributed by atoms with van der Waals surface area (Å²) < 4.78 is 32.3. The van der Waals surface area contributed by atoms with Gasteiger partial charge in [-0.25, -0.2) is 13.2 Å². The summed E-state index contributed by atoms with van der Waals surface area (Å²) in [6.07, 6.45) is 0. The number of hydrogen-bond acceptors (Lipinski definition) is 6. The van der Waals surface area contributed by atoms with E-state index in [9.17, 15) is 18.0 Å². The van der Waals surface area contributed by atoms with Crippen LogP contribution >= 0.6 is 11.3 Å². The number of carbonyl (C=O) groups excluding carboxylic acids is 2. The van der Waals surface area contributed by atoms with Crippen LogP contribution in [0.5, 0.6) is 0 Å². The monoisotopic (exact) mass is 430 g/mol. The Morgan fingerprint density at radius 2 is 1.66 bits per heavy atom. The van der Waals surface area contributed by atoms with Crippen molar-refractivity contribution in [3.05, 3.63) is 76.0 Å². The van der Waals surface area contributed by atoms with E-state index in [1.807, 2.05) is 0 Å². The van der Waals surface area contributed by atoms with Crippen molar-refractivity contribution in [2.45, 2.75) is 11.8 Å². The van der Waals surface area contributed by atoms with Crippen LogP contribution in [0.4, 0.5) is 11.4 Å². The van der Waals surface area contributed by atoms with E-state index < -0.39 is 21.9 Å². The van der Waals surface area contributed by atoms with Crippen molar-refractivity contribution in [1.82, 2.24) is 0 Å². The van der Waals surface area contributed by atoms with E-state index in [4.69, 9.17) is 0 Å². The van der Waals surface area contributed by atoms with Crippen molar-refractivity contribution in [2.24, 2.45) is 0 Å². The van der Waals surface area contributed by atoms with Crippen molar-refractivity contribution in [3.8, 4) is 0 Å². The molecule has 0 aliphatic heterocycles. The molecule has 0 radical (unpaired) electrons. The van der Waals surface area contributed by atoms with Crippen LogP contribution in [0.15, 0.2) is 65.6 Å². The lowest BCUT2D eigenvalue weighted by molar-refractivity contribution is 0.0606. The third-order valence-corrected chi connectivity index (χ3v) is 6.46. The Morgan fingerprint density at radius 3 is 2.34 bits per heavy atom. The number of hydrogen-bond donors (Lipinski definition) is 2. The van der Waals surface area contributed by atoms with Gasteiger partial charge in [0.2, 0.25) is 0 Å². The Hall–Kier alpha value is -3.17. The molecule has 0 saturated carbocycles. The lowest BCUT2D eigenvalue weighted by Crippen LogP contribution is -2.15. The van der Waals surface area contributed by atoms with Gasteiger partial charge in [-0.3, -0.25) is 9.52 Å². The molecule has 0 saturated heterocycles. The Kier molecular flexibility index (Phi) is 6.00. The number of rotatable bonds is 6. The van der Waals surface area contributed by atoms with Gasteiger partial charge in [-0.1, -0.05) is 24.3 Å². The Morgan fingerprint density at radius 1 is 0.966 bits per heavy atom. The van der Waals surface area contributed by atoms with Crippen LogP contribution in [0.25, 0.3) is 0 Å². The maximum atomic E-state index is 12.6. The van der Waals surface area contributed by atoms with Crippen LogP contribution in [0.1, 0.15) is 24.9 Å². The fraction of sp³-hybridized carbons (Fsp3) is 0.100. The Bertz CT molecular complexity index is 1150. The van der Waals surface area contributed by atoms with Crippen LogP contribution in [0.2, 0.25) is 0 Å². The van der Waals surface area contributed by atoms with Gasteiger partial charge in [0, 0.05) is 5.69 Å². The molecule has 0 spiro atoms. The van der Waals surface area contributed by atoms with Crippen molar-refractivity contribution in [2.75, 3.05) is 17.1 Å². The standard InChI is InChI=1S/C20H18N2O5S2/c1-13-8-9-14(21-19(23)17-10-11-18(28-17)20(24)27-2)12-16(13)22-29(25,26)15-6-4-3-5-7-15/h3-12,22H,1-2H3,(H,21,23). The normalized spacial score (nSPS) is 11.0. The number of nitrogens with one attached hydrogen (secondary N) is 2. The summed E-state index contributed by atoms with van der Waals surface area (Å²) in [5.41, 5.74) is 1.47. The van der Waals surface area contributed by atoms with Gasteiger partial charge in [0.05, 0.1) is 22.6 Å². The summed E-state index contributed by atoms with van der Waals surface area (Å²) in [4.78, 5) is 24.8. The first-order valence-corrected chi connectivity index (χ1v) is 10.8. The van der Waals surface area contributed by atoms with Gasteiger partial charge in [-0.05, 0) is 48.9 Å². The van der Waals surface area contributed by atoms with E-state index in [2.05, 4.69) is 14.8 Å². The molecule has 9 heteroatoms.